The van der Waals surface area contributed by atoms with Crippen LogP contribution < -0.4 is 26.4 Å². The molecule has 3 amide bonds. The number of ether oxygens (including phenoxy) is 4. The molecule has 15 heteroatoms. The van der Waals surface area contributed by atoms with Gasteiger partial charge in [-0.25, -0.2) is 19.3 Å². The molecule has 0 aromatic rings. The number of carbonyl (C=O) groups is 5. The van der Waals surface area contributed by atoms with E-state index in [1.165, 1.54) is 6.92 Å². The minimum Gasteiger partial charge on any atom is -0.550 e. The lowest BCUT2D eigenvalue weighted by molar-refractivity contribution is -0.302. The van der Waals surface area contributed by atoms with E-state index in [2.05, 4.69) is 62.8 Å². The van der Waals surface area contributed by atoms with Crippen LogP contribution in [0.25, 0.3) is 0 Å². The van der Waals surface area contributed by atoms with E-state index in [-0.39, 0.29) is 77.5 Å². The Bertz CT molecular complexity index is 1130. The van der Waals surface area contributed by atoms with Gasteiger partial charge in [-0.2, -0.15) is 0 Å². The SMILES string of the molecule is C.C.C.C.CC(=O)[O-].CNC1CC(C)(C)CC(C)(CNC(=O)OCCC(C)OC(=O)NC2CC(C)(C)CC(C)(CNC(=O)OCN(C)COC(C)=O)C2)C1. The van der Waals surface area contributed by atoms with Gasteiger partial charge in [0.1, 0.15) is 19.6 Å². The number of carbonyl (C=O) groups excluding carboxylic acids is 5. The van der Waals surface area contributed by atoms with Crippen molar-refractivity contribution >= 4 is 30.2 Å². The highest BCUT2D eigenvalue weighted by atomic mass is 16.6. The van der Waals surface area contributed by atoms with E-state index >= 15 is 0 Å². The average molecular weight is 779 g/mol. The summed E-state index contributed by atoms with van der Waals surface area (Å²) in [6.07, 6.45) is 3.79. The summed E-state index contributed by atoms with van der Waals surface area (Å²) in [5.41, 5.74) is -0.182. The standard InChI is InChI=1S/C33H61N5O8.C2H4O2.4CH4/c1-23(11-12-43-27(40)35-19-32(7)15-25(34-9)13-30(3,4)17-32)46-29(42)37-26-14-31(5,6)18-33(8,16-26)20-36-28(41)45-22-38(10)21-44-24(2)39;1-2(3)4;;;;/h23,25-26,34H,11-22H2,1-10H3,(H,35,40)(H,36,41)(H,37,42);1H3,(H,3,4);4*1H4/p-1. The predicted molar refractivity (Wildman–Crippen MR) is 213 cm³/mol. The second-order valence-corrected chi connectivity index (χ2v) is 16.5. The van der Waals surface area contributed by atoms with E-state index in [1.807, 2.05) is 7.05 Å². The summed E-state index contributed by atoms with van der Waals surface area (Å²) in [7, 11) is 3.66. The number of hydrogen-bond donors (Lipinski definition) is 4. The van der Waals surface area contributed by atoms with E-state index in [0.717, 1.165) is 39.0 Å². The van der Waals surface area contributed by atoms with Crippen molar-refractivity contribution in [2.24, 2.45) is 21.7 Å². The molecule has 2 rings (SSSR count). The zero-order valence-corrected chi connectivity index (χ0v) is 32.2. The summed E-state index contributed by atoms with van der Waals surface area (Å²) in [5.74, 6) is -1.49. The van der Waals surface area contributed by atoms with Crippen molar-refractivity contribution in [1.82, 2.24) is 26.2 Å². The molecule has 5 atom stereocenters. The van der Waals surface area contributed by atoms with E-state index in [0.29, 0.717) is 32.0 Å². The fraction of sp³-hybridized carbons (Fsp3) is 0.872. The third-order valence-electron chi connectivity index (χ3n) is 8.91. The van der Waals surface area contributed by atoms with E-state index < -0.39 is 36.3 Å². The second kappa shape index (κ2) is 25.7. The largest absolute Gasteiger partial charge is 0.550 e. The number of amides is 3. The Morgan fingerprint density at radius 1 is 0.722 bits per heavy atom. The highest BCUT2D eigenvalue weighted by Gasteiger charge is 2.43. The van der Waals surface area contributed by atoms with Crippen molar-refractivity contribution in [3.63, 3.8) is 0 Å². The van der Waals surface area contributed by atoms with Crippen LogP contribution in [-0.2, 0) is 28.5 Å². The molecule has 2 fully saturated rings. The highest BCUT2D eigenvalue weighted by molar-refractivity contribution is 5.68. The molecule has 4 N–H and O–H groups in total. The summed E-state index contributed by atoms with van der Waals surface area (Å²) in [6.45, 7) is 18.2. The minimum absolute atomic E-state index is 0. The number of rotatable bonds is 14. The molecule has 2 aliphatic rings. The number of carboxylic acid groups (broad SMARTS) is 1. The first kappa shape index (κ1) is 57.4. The Balaban J connectivity index is -0.00000148. The lowest BCUT2D eigenvalue weighted by atomic mass is 9.62. The molecule has 0 aliphatic heterocycles. The number of hydrogen-bond acceptors (Lipinski definition) is 12. The van der Waals surface area contributed by atoms with Crippen molar-refractivity contribution in [1.29, 1.82) is 0 Å². The van der Waals surface area contributed by atoms with Gasteiger partial charge in [0.05, 0.1) is 6.61 Å². The van der Waals surface area contributed by atoms with E-state index in [4.69, 9.17) is 28.8 Å². The molecule has 2 aliphatic carbocycles. The summed E-state index contributed by atoms with van der Waals surface area (Å²) in [5, 5.41) is 21.1. The fourth-order valence-corrected chi connectivity index (χ4v) is 7.68. The van der Waals surface area contributed by atoms with Gasteiger partial charge < -0.3 is 50.1 Å². The molecule has 0 radical (unpaired) electrons. The van der Waals surface area contributed by atoms with Crippen molar-refractivity contribution in [2.45, 2.75) is 155 Å². The normalized spacial score (nSPS) is 23.9. The van der Waals surface area contributed by atoms with Crippen LogP contribution >= 0.6 is 0 Å². The van der Waals surface area contributed by atoms with Crippen molar-refractivity contribution in [3.05, 3.63) is 0 Å². The molecular weight excluding hydrogens is 698 g/mol. The van der Waals surface area contributed by atoms with Crippen molar-refractivity contribution in [2.75, 3.05) is 47.3 Å². The number of alkyl carbamates (subject to hydrolysis) is 3. The Hall–Kier alpha value is -3.33. The third-order valence-corrected chi connectivity index (χ3v) is 8.91. The lowest BCUT2D eigenvalue weighted by Crippen LogP contribution is -2.51. The Morgan fingerprint density at radius 3 is 1.61 bits per heavy atom. The summed E-state index contributed by atoms with van der Waals surface area (Å²) >= 11 is 0. The van der Waals surface area contributed by atoms with Gasteiger partial charge in [0.25, 0.3) is 0 Å². The van der Waals surface area contributed by atoms with Gasteiger partial charge in [0.2, 0.25) is 0 Å². The first-order chi connectivity index (χ1) is 23.0. The molecule has 54 heavy (non-hydrogen) atoms. The second-order valence-electron chi connectivity index (χ2n) is 16.5. The molecule has 0 bridgehead atoms. The molecule has 2 saturated carbocycles. The lowest BCUT2D eigenvalue weighted by Gasteiger charge is -2.46. The maximum atomic E-state index is 12.8. The maximum absolute atomic E-state index is 12.8. The Morgan fingerprint density at radius 2 is 1.15 bits per heavy atom. The zero-order valence-electron chi connectivity index (χ0n) is 32.2. The molecule has 322 valence electrons. The monoisotopic (exact) mass is 779 g/mol. The minimum atomic E-state index is -1.08. The quantitative estimate of drug-likeness (QED) is 0.0908. The van der Waals surface area contributed by atoms with E-state index in [1.54, 1.807) is 18.9 Å². The van der Waals surface area contributed by atoms with Crippen LogP contribution in [0.1, 0.15) is 137 Å². The molecule has 0 saturated heterocycles. The smallest absolute Gasteiger partial charge is 0.408 e. The van der Waals surface area contributed by atoms with Gasteiger partial charge in [-0.3, -0.25) is 4.79 Å². The van der Waals surface area contributed by atoms with Gasteiger partial charge in [0, 0.05) is 44.5 Å². The fourth-order valence-electron chi connectivity index (χ4n) is 7.68. The van der Waals surface area contributed by atoms with Gasteiger partial charge in [-0.05, 0) is 88.1 Å². The van der Waals surface area contributed by atoms with Gasteiger partial charge in [0.15, 0.2) is 0 Å². The highest BCUT2D eigenvalue weighted by Crippen LogP contribution is 2.46. The third kappa shape index (κ3) is 24.9. The predicted octanol–water partition coefficient (Wildman–Crippen LogP) is 6.04. The number of esters is 1. The maximum Gasteiger partial charge on any atom is 0.408 e. The van der Waals surface area contributed by atoms with Crippen LogP contribution in [0.3, 0.4) is 0 Å². The average Bonchev–Trinajstić information content (AvgIpc) is 2.94. The number of aliphatic carboxylic acids is 1. The van der Waals surface area contributed by atoms with Crippen LogP contribution in [0.5, 0.6) is 0 Å². The van der Waals surface area contributed by atoms with Gasteiger partial charge >= 0.3 is 24.2 Å². The Kier molecular flexibility index (Phi) is 27.3. The van der Waals surface area contributed by atoms with Gasteiger partial charge in [-0.15, -0.1) is 0 Å². The van der Waals surface area contributed by atoms with Crippen LogP contribution in [0, 0.1) is 21.7 Å². The molecule has 0 spiro atoms. The van der Waals surface area contributed by atoms with E-state index in [9.17, 15) is 19.2 Å². The molecule has 0 aromatic heterocycles. The molecule has 0 aromatic carbocycles. The summed E-state index contributed by atoms with van der Waals surface area (Å²) in [4.78, 5) is 58.9. The molecule has 15 nitrogen and oxygen atoms in total. The first-order valence-corrected chi connectivity index (χ1v) is 17.4. The number of nitrogens with zero attached hydrogens (tertiary/aromatic N) is 1. The van der Waals surface area contributed by atoms with Crippen LogP contribution in [0.4, 0.5) is 14.4 Å². The zero-order chi connectivity index (χ0) is 38.3. The summed E-state index contributed by atoms with van der Waals surface area (Å²) in [6, 6.07) is 0.278. The topological polar surface area (TPSA) is 197 Å². The Labute approximate surface area is 328 Å². The molecule has 0 heterocycles. The van der Waals surface area contributed by atoms with Crippen molar-refractivity contribution < 1.29 is 48.0 Å². The molecule has 5 unspecified atom stereocenters. The first-order valence-electron chi connectivity index (χ1n) is 17.4. The van der Waals surface area contributed by atoms with Gasteiger partial charge in [-0.1, -0.05) is 71.2 Å². The van der Waals surface area contributed by atoms with Crippen LogP contribution in [0.15, 0.2) is 0 Å². The van der Waals surface area contributed by atoms with Crippen LogP contribution in [0.2, 0.25) is 0 Å². The number of carboxylic acids is 1. The van der Waals surface area contributed by atoms with Crippen molar-refractivity contribution in [3.8, 4) is 0 Å². The van der Waals surface area contributed by atoms with Crippen LogP contribution in [-0.4, -0.2) is 101 Å². The summed E-state index contributed by atoms with van der Waals surface area (Å²) < 4.78 is 21.1. The number of nitrogens with one attached hydrogen (secondary N) is 4. The molecular formula is C39H80N5O10-.